The standard InChI is InChI=1S/C28H32N2O.C19H22N2O.C19H24N2.C13H16O2.C6H8N2.C4H8O.4CH4/c1-23-17-20-29-26(21-23)30(27(31)16-15-24-11-5-2-6-12-24)22-28(18-9-4-10-19-28)25-13-7-3-8-14-25;1-15-10-13-20-17(14-15)21-18(22)19(11-6-3-7-12-19)16-8-4-2-5-9-16;1-16-10-13-20-18(14-16)21-15-19(11-6-3-7-12-19)17-8-4-2-5-9-17;14-12(15)13(9-5-2-6-10-13)11-7-3-1-4-8-11;1-5-2-3-8-6(7)4-5;1-2-4-5-3-1;;;;/h2-3,5-8,11-14,17,20-21H,4,9-10,15-16,18-19,22H2,1H3;2,4-5,8-10,13-14H,3,6-7,11-12H2,1H3,(H,20,21,22);2,4-5,8-10,13-14H,3,6-7,11-12,15H2,1H3,(H,20,21);1,3-4,7-8H,2,5-6,9-10H2,(H,14,15);2-4H,1H3,(H2,7,8);1-4H2;4*1H4. The number of carboxylic acid groups (broad SMARTS) is 1. The summed E-state index contributed by atoms with van der Waals surface area (Å²) in [5.74, 6) is 2.58. The van der Waals surface area contributed by atoms with Gasteiger partial charge in [0, 0.05) is 68.3 Å². The fourth-order valence-electron chi connectivity index (χ4n) is 15.3. The van der Waals surface area contributed by atoms with Crippen LogP contribution >= 0.6 is 0 Å². The number of nitrogens with one attached hydrogen (secondary N) is 2. The molecule has 13 nitrogen and oxygen atoms in total. The van der Waals surface area contributed by atoms with Gasteiger partial charge in [-0.15, -0.1) is 0 Å². The minimum Gasteiger partial charge on any atom is -0.481 e. The van der Waals surface area contributed by atoms with Crippen LogP contribution in [0.2, 0.25) is 0 Å². The number of nitrogens with two attached hydrogens (primary N) is 1. The molecular weight excluding hydrogens is 1310 g/mol. The predicted molar refractivity (Wildman–Crippen MR) is 444 cm³/mol. The minimum absolute atomic E-state index is 0. The molecule has 4 saturated carbocycles. The molecule has 4 aliphatic carbocycles. The van der Waals surface area contributed by atoms with Crippen molar-refractivity contribution in [2.24, 2.45) is 0 Å². The van der Waals surface area contributed by atoms with Crippen molar-refractivity contribution in [3.63, 3.8) is 0 Å². The molecular formula is C93H126N8O5. The van der Waals surface area contributed by atoms with E-state index in [0.717, 1.165) is 130 Å². The Morgan fingerprint density at radius 1 is 0.434 bits per heavy atom. The lowest BCUT2D eigenvalue weighted by atomic mass is 9.68. The number of nitrogen functional groups attached to an aromatic ring is 1. The number of amides is 2. The fourth-order valence-corrected chi connectivity index (χ4v) is 15.3. The van der Waals surface area contributed by atoms with Crippen LogP contribution in [-0.4, -0.2) is 69.1 Å². The highest BCUT2D eigenvalue weighted by molar-refractivity contribution is 5.98. The van der Waals surface area contributed by atoms with Crippen molar-refractivity contribution in [2.45, 2.75) is 233 Å². The second-order valence-electron chi connectivity index (χ2n) is 28.7. The second-order valence-corrected chi connectivity index (χ2v) is 28.7. The first-order chi connectivity index (χ1) is 49.7. The number of benzene rings is 5. The summed E-state index contributed by atoms with van der Waals surface area (Å²) in [7, 11) is 0. The number of rotatable bonds is 16. The van der Waals surface area contributed by atoms with Crippen LogP contribution < -0.4 is 21.3 Å². The number of aryl methyl sites for hydroxylation is 5. The molecule has 13 heteroatoms. The molecule has 2 amide bonds. The lowest BCUT2D eigenvalue weighted by molar-refractivity contribution is -0.145. The smallest absolute Gasteiger partial charge is 0.314 e. The monoisotopic (exact) mass is 1430 g/mol. The van der Waals surface area contributed by atoms with Gasteiger partial charge in [-0.2, -0.15) is 0 Å². The van der Waals surface area contributed by atoms with Gasteiger partial charge < -0.3 is 26.2 Å². The Morgan fingerprint density at radius 2 is 0.821 bits per heavy atom. The average molecular weight is 1440 g/mol. The maximum Gasteiger partial charge on any atom is 0.314 e. The number of carboxylic acids is 1. The van der Waals surface area contributed by atoms with Crippen molar-refractivity contribution in [2.75, 3.05) is 47.6 Å². The van der Waals surface area contributed by atoms with Gasteiger partial charge in [0.25, 0.3) is 0 Å². The van der Waals surface area contributed by atoms with Gasteiger partial charge in [0.05, 0.1) is 10.8 Å². The molecule has 5 aromatic carbocycles. The van der Waals surface area contributed by atoms with Crippen LogP contribution in [0.1, 0.15) is 227 Å². The molecule has 9 aromatic rings. The lowest BCUT2D eigenvalue weighted by Crippen LogP contribution is -2.45. The number of hydrogen-bond acceptors (Lipinski definition) is 10. The molecule has 5 heterocycles. The van der Waals surface area contributed by atoms with E-state index in [4.69, 9.17) is 10.5 Å². The Balaban J connectivity index is 0.000000241. The van der Waals surface area contributed by atoms with Crippen LogP contribution in [-0.2, 0) is 47.2 Å². The highest BCUT2D eigenvalue weighted by Gasteiger charge is 2.43. The molecule has 4 aromatic heterocycles. The van der Waals surface area contributed by atoms with E-state index in [2.05, 4.69) is 135 Å². The van der Waals surface area contributed by atoms with Crippen LogP contribution in [0.4, 0.5) is 23.3 Å². The number of hydrogen-bond donors (Lipinski definition) is 4. The number of carbonyl (C=O) groups is 3. The molecule has 5 fully saturated rings. The molecule has 5 N–H and O–H groups in total. The fraction of sp³-hybridized carbons (Fsp3) is 0.430. The van der Waals surface area contributed by atoms with Gasteiger partial charge in [-0.05, 0) is 197 Å². The number of carbonyl (C=O) groups excluding carboxylic acids is 2. The molecule has 1 aliphatic heterocycles. The summed E-state index contributed by atoms with van der Waals surface area (Å²) in [6, 6.07) is 67.7. The molecule has 106 heavy (non-hydrogen) atoms. The van der Waals surface area contributed by atoms with Crippen LogP contribution in [0, 0.1) is 27.7 Å². The topological polar surface area (TPSA) is 186 Å². The largest absolute Gasteiger partial charge is 0.481 e. The Morgan fingerprint density at radius 3 is 1.25 bits per heavy atom. The number of pyridine rings is 4. The minimum atomic E-state index is -0.659. The first kappa shape index (κ1) is 87.3. The quantitative estimate of drug-likeness (QED) is 0.0721. The van der Waals surface area contributed by atoms with E-state index in [1.807, 2.05) is 140 Å². The Hall–Kier alpha value is -9.33. The highest BCUT2D eigenvalue weighted by Crippen LogP contribution is 2.44. The first-order valence-corrected chi connectivity index (χ1v) is 37.6. The second kappa shape index (κ2) is 45.2. The van der Waals surface area contributed by atoms with Gasteiger partial charge in [-0.3, -0.25) is 19.3 Å². The first-order valence-electron chi connectivity index (χ1n) is 37.6. The van der Waals surface area contributed by atoms with E-state index in [9.17, 15) is 19.5 Å². The van der Waals surface area contributed by atoms with Crippen molar-refractivity contribution < 1.29 is 24.2 Å². The van der Waals surface area contributed by atoms with Crippen LogP contribution in [0.15, 0.2) is 225 Å². The van der Waals surface area contributed by atoms with E-state index in [0.29, 0.717) is 24.6 Å². The summed E-state index contributed by atoms with van der Waals surface area (Å²) in [5.41, 5.74) is 15.3. The van der Waals surface area contributed by atoms with Crippen LogP contribution in [0.25, 0.3) is 0 Å². The summed E-state index contributed by atoms with van der Waals surface area (Å²) < 4.78 is 4.94. The number of aromatic nitrogens is 4. The zero-order valence-electron chi connectivity index (χ0n) is 61.1. The molecule has 0 radical (unpaired) electrons. The molecule has 5 aliphatic rings. The summed E-state index contributed by atoms with van der Waals surface area (Å²) in [6.07, 6.45) is 33.5. The molecule has 1 saturated heterocycles. The van der Waals surface area contributed by atoms with E-state index >= 15 is 0 Å². The van der Waals surface area contributed by atoms with Gasteiger partial charge in [0.15, 0.2) is 0 Å². The zero-order chi connectivity index (χ0) is 71.7. The summed E-state index contributed by atoms with van der Waals surface area (Å²) in [4.78, 5) is 57.2. The third kappa shape index (κ3) is 25.7. The predicted octanol–water partition coefficient (Wildman–Crippen LogP) is 22.5. The molecule has 0 bridgehead atoms. The normalized spacial score (nSPS) is 16.1. The van der Waals surface area contributed by atoms with Gasteiger partial charge >= 0.3 is 5.97 Å². The van der Waals surface area contributed by atoms with E-state index in [1.54, 1.807) is 12.4 Å². The van der Waals surface area contributed by atoms with E-state index in [-0.39, 0.29) is 52.4 Å². The Kier molecular flexibility index (Phi) is 37.3. The third-order valence-electron chi connectivity index (χ3n) is 21.2. The van der Waals surface area contributed by atoms with Crippen LogP contribution in [0.5, 0.6) is 0 Å². The number of aliphatic carboxylic acids is 1. The van der Waals surface area contributed by atoms with Gasteiger partial charge in [-0.1, -0.05) is 258 Å². The lowest BCUT2D eigenvalue weighted by Gasteiger charge is -2.41. The van der Waals surface area contributed by atoms with Gasteiger partial charge in [-0.25, -0.2) is 19.9 Å². The number of anilines is 4. The van der Waals surface area contributed by atoms with Crippen molar-refractivity contribution in [1.29, 1.82) is 0 Å². The van der Waals surface area contributed by atoms with E-state index < -0.39 is 16.8 Å². The maximum absolute atomic E-state index is 13.6. The molecule has 0 unspecified atom stereocenters. The highest BCUT2D eigenvalue weighted by atomic mass is 16.5. The third-order valence-corrected chi connectivity index (χ3v) is 21.2. The van der Waals surface area contributed by atoms with Gasteiger partial charge in [0.1, 0.15) is 23.3 Å². The molecule has 14 rings (SSSR count). The Labute approximate surface area is 637 Å². The van der Waals surface area contributed by atoms with Crippen molar-refractivity contribution in [3.05, 3.63) is 275 Å². The maximum atomic E-state index is 13.6. The van der Waals surface area contributed by atoms with Crippen molar-refractivity contribution >= 4 is 41.1 Å². The van der Waals surface area contributed by atoms with Crippen molar-refractivity contribution in [1.82, 2.24) is 19.9 Å². The molecule has 0 atom stereocenters. The van der Waals surface area contributed by atoms with E-state index in [1.165, 1.54) is 99.3 Å². The summed E-state index contributed by atoms with van der Waals surface area (Å²) >= 11 is 0. The molecule has 568 valence electrons. The Bertz CT molecular complexity index is 3900. The SMILES string of the molecule is C.C.C.C.C1CCOC1.Cc1ccnc(N(CC2(c3ccccc3)CCCCC2)C(=O)CCc2ccccc2)c1.Cc1ccnc(N)c1.Cc1ccnc(NC(=O)C2(c3ccccc3)CCCCC2)c1.Cc1ccnc(NCC2(c3ccccc3)CCCCC2)c1.O=C(O)C1(c2ccccc2)CCCCC1. The van der Waals surface area contributed by atoms with Crippen LogP contribution in [0.3, 0.4) is 0 Å². The zero-order valence-corrected chi connectivity index (χ0v) is 61.1. The molecule has 0 spiro atoms. The number of nitrogens with zero attached hydrogens (tertiary/aromatic N) is 5. The number of ether oxygens (including phenoxy) is 1. The average Bonchev–Trinajstić information content (AvgIpc) is 0.874. The van der Waals surface area contributed by atoms with Gasteiger partial charge in [0.2, 0.25) is 11.8 Å². The van der Waals surface area contributed by atoms with Crippen molar-refractivity contribution in [3.8, 4) is 0 Å². The summed E-state index contributed by atoms with van der Waals surface area (Å²) in [5, 5.41) is 16.1. The summed E-state index contributed by atoms with van der Waals surface area (Å²) in [6.45, 7) is 11.8.